The average molecular weight is 345 g/mol. The lowest BCUT2D eigenvalue weighted by molar-refractivity contribution is -0.173. The van der Waals surface area contributed by atoms with E-state index in [1.807, 2.05) is 6.07 Å². The van der Waals surface area contributed by atoms with Crippen LogP contribution in [0.4, 0.5) is 13.2 Å². The maximum Gasteiger partial charge on any atom is 0.471 e. The van der Waals surface area contributed by atoms with Gasteiger partial charge in [0.15, 0.2) is 0 Å². The van der Waals surface area contributed by atoms with Gasteiger partial charge in [0.05, 0.1) is 0 Å². The summed E-state index contributed by atoms with van der Waals surface area (Å²) >= 11 is 0. The molecule has 1 amide bonds. The third kappa shape index (κ3) is 7.75. The lowest BCUT2D eigenvalue weighted by Crippen LogP contribution is -2.37. The molecule has 0 aliphatic rings. The number of amides is 1. The summed E-state index contributed by atoms with van der Waals surface area (Å²) in [5.41, 5.74) is 0.763. The van der Waals surface area contributed by atoms with Gasteiger partial charge in [-0.2, -0.15) is 13.2 Å². The highest BCUT2D eigenvalue weighted by Gasteiger charge is 2.38. The van der Waals surface area contributed by atoms with Gasteiger partial charge in [-0.3, -0.25) is 9.59 Å². The van der Waals surface area contributed by atoms with E-state index in [4.69, 9.17) is 4.74 Å². The number of rotatable bonds is 9. The van der Waals surface area contributed by atoms with Crippen molar-refractivity contribution in [1.29, 1.82) is 0 Å². The monoisotopic (exact) mass is 345 g/mol. The fraction of sp³-hybridized carbons (Fsp3) is 0.438. The summed E-state index contributed by atoms with van der Waals surface area (Å²) in [6, 6.07) is 8.89. The summed E-state index contributed by atoms with van der Waals surface area (Å²) in [6.45, 7) is -0.125. The lowest BCUT2D eigenvalue weighted by Gasteiger charge is -2.07. The van der Waals surface area contributed by atoms with E-state index in [2.05, 4.69) is 0 Å². The fourth-order valence-electron chi connectivity index (χ4n) is 1.80. The summed E-state index contributed by atoms with van der Waals surface area (Å²) < 4.78 is 40.6. The second kappa shape index (κ2) is 9.69. The summed E-state index contributed by atoms with van der Waals surface area (Å²) in [7, 11) is 0. The molecule has 24 heavy (non-hydrogen) atoms. The molecule has 0 radical (unpaired) electrons. The summed E-state index contributed by atoms with van der Waals surface area (Å²) in [6.07, 6.45) is -3.90. The number of carbonyl (C=O) groups excluding carboxylic acids is 3. The topological polar surface area (TPSA) is 72.5 Å². The van der Waals surface area contributed by atoms with Gasteiger partial charge in [-0.05, 0) is 18.4 Å². The van der Waals surface area contributed by atoms with Gasteiger partial charge in [0, 0.05) is 13.0 Å². The van der Waals surface area contributed by atoms with Gasteiger partial charge in [0.25, 0.3) is 0 Å². The Morgan fingerprint density at radius 1 is 1.00 bits per heavy atom. The van der Waals surface area contributed by atoms with E-state index < -0.39 is 23.8 Å². The van der Waals surface area contributed by atoms with E-state index in [0.717, 1.165) is 5.56 Å². The highest BCUT2D eigenvalue weighted by Crippen LogP contribution is 2.14. The molecule has 0 heterocycles. The molecule has 1 N–H and O–H groups in total. The summed E-state index contributed by atoms with van der Waals surface area (Å²) in [5, 5.41) is 1.73. The molecule has 0 atom stereocenters. The smallest absolute Gasteiger partial charge is 0.455 e. The summed E-state index contributed by atoms with van der Waals surface area (Å²) in [5.74, 6) is -3.59. The molecule has 0 aliphatic carbocycles. The molecular weight excluding hydrogens is 327 g/mol. The summed E-state index contributed by atoms with van der Waals surface area (Å²) in [4.78, 5) is 33.6. The van der Waals surface area contributed by atoms with Crippen LogP contribution in [0, 0.1) is 0 Å². The van der Waals surface area contributed by atoms with Gasteiger partial charge in [-0.1, -0.05) is 36.8 Å². The number of ether oxygens (including phenoxy) is 1. The number of esters is 1. The first-order valence-electron chi connectivity index (χ1n) is 7.39. The van der Waals surface area contributed by atoms with Crippen LogP contribution in [0.15, 0.2) is 30.3 Å². The second-order valence-corrected chi connectivity index (χ2v) is 5.05. The number of carbonyl (C=O) groups is 3. The van der Waals surface area contributed by atoms with Crippen molar-refractivity contribution in [2.45, 2.75) is 38.5 Å². The Morgan fingerprint density at radius 3 is 2.29 bits per heavy atom. The zero-order chi connectivity index (χ0) is 18.0. The Kier molecular flexibility index (Phi) is 7.94. The normalized spacial score (nSPS) is 11.0. The van der Waals surface area contributed by atoms with Gasteiger partial charge in [-0.15, -0.1) is 0 Å². The molecule has 0 spiro atoms. The Morgan fingerprint density at radius 2 is 1.67 bits per heavy atom. The Hall–Kier alpha value is -2.38. The second-order valence-electron chi connectivity index (χ2n) is 5.05. The first-order chi connectivity index (χ1) is 11.3. The van der Waals surface area contributed by atoms with Crippen LogP contribution in [0.25, 0.3) is 0 Å². The molecule has 0 saturated heterocycles. The van der Waals surface area contributed by atoms with Crippen LogP contribution in [0.5, 0.6) is 0 Å². The Labute approximate surface area is 137 Å². The van der Waals surface area contributed by atoms with Crippen molar-refractivity contribution in [2.75, 3.05) is 6.54 Å². The van der Waals surface area contributed by atoms with Crippen LogP contribution in [-0.2, 0) is 25.7 Å². The number of hydrogen-bond acceptors (Lipinski definition) is 4. The predicted octanol–water partition coefficient (Wildman–Crippen LogP) is 2.54. The van der Waals surface area contributed by atoms with Gasteiger partial charge < -0.3 is 10.1 Å². The van der Waals surface area contributed by atoms with E-state index in [0.29, 0.717) is 12.8 Å². The minimum absolute atomic E-state index is 0.00882. The molecule has 0 aliphatic heterocycles. The molecule has 1 aromatic rings. The van der Waals surface area contributed by atoms with Crippen LogP contribution in [0.3, 0.4) is 0 Å². The van der Waals surface area contributed by atoms with Crippen LogP contribution < -0.4 is 5.32 Å². The molecular formula is C16H18F3NO4. The van der Waals surface area contributed by atoms with E-state index in [-0.39, 0.29) is 26.0 Å². The lowest BCUT2D eigenvalue weighted by atomic mass is 10.1. The molecule has 0 fully saturated rings. The van der Waals surface area contributed by atoms with E-state index in [1.165, 1.54) is 0 Å². The zero-order valence-corrected chi connectivity index (χ0v) is 12.9. The number of benzene rings is 1. The number of ketones is 1. The molecule has 5 nitrogen and oxygen atoms in total. The van der Waals surface area contributed by atoms with Gasteiger partial charge in [-0.25, -0.2) is 4.79 Å². The van der Waals surface area contributed by atoms with Crippen molar-refractivity contribution in [2.24, 2.45) is 0 Å². The molecule has 0 aromatic heterocycles. The van der Waals surface area contributed by atoms with Crippen molar-refractivity contribution < 1.29 is 32.3 Å². The molecule has 1 rings (SSSR count). The molecule has 132 valence electrons. The van der Waals surface area contributed by atoms with Crippen molar-refractivity contribution >= 4 is 17.7 Å². The number of alkyl halides is 3. The fourth-order valence-corrected chi connectivity index (χ4v) is 1.80. The average Bonchev–Trinajstić information content (AvgIpc) is 2.55. The van der Waals surface area contributed by atoms with Gasteiger partial charge >= 0.3 is 18.1 Å². The number of Topliss-reactive ketones (excluding diaryl/α,β-unsaturated/α-hetero) is 1. The standard InChI is InChI=1S/C16H18F3NO4/c17-16(18,19)15(23)20-10-6-2-5-9-13(21)14(22)24-11-12-7-3-1-4-8-12/h1,3-4,7-8H,2,5-6,9-11H2,(H,20,23). The van der Waals surface area contributed by atoms with Gasteiger partial charge in [0.2, 0.25) is 5.78 Å². The molecule has 0 unspecified atom stereocenters. The minimum Gasteiger partial charge on any atom is -0.455 e. The SMILES string of the molecule is O=C(CCCCCNC(=O)C(F)(F)F)C(=O)OCc1ccccc1. The predicted molar refractivity (Wildman–Crippen MR) is 78.8 cm³/mol. The third-order valence-electron chi connectivity index (χ3n) is 3.06. The molecule has 1 aromatic carbocycles. The maximum absolute atomic E-state index is 11.9. The van der Waals surface area contributed by atoms with Gasteiger partial charge in [0.1, 0.15) is 6.61 Å². The number of hydrogen-bond donors (Lipinski definition) is 1. The number of nitrogens with one attached hydrogen (secondary N) is 1. The van der Waals surface area contributed by atoms with Crippen molar-refractivity contribution in [1.82, 2.24) is 5.32 Å². The molecule has 0 saturated carbocycles. The van der Waals surface area contributed by atoms with Crippen molar-refractivity contribution in [3.05, 3.63) is 35.9 Å². The van der Waals surface area contributed by atoms with E-state index in [9.17, 15) is 27.6 Å². The third-order valence-corrected chi connectivity index (χ3v) is 3.06. The van der Waals surface area contributed by atoms with Crippen molar-refractivity contribution in [3.63, 3.8) is 0 Å². The van der Waals surface area contributed by atoms with Crippen LogP contribution >= 0.6 is 0 Å². The first-order valence-corrected chi connectivity index (χ1v) is 7.39. The molecule has 0 bridgehead atoms. The largest absolute Gasteiger partial charge is 0.471 e. The first kappa shape index (κ1) is 19.7. The van der Waals surface area contributed by atoms with Crippen molar-refractivity contribution in [3.8, 4) is 0 Å². The van der Waals surface area contributed by atoms with E-state index in [1.54, 1.807) is 29.6 Å². The Balaban J connectivity index is 2.11. The van der Waals surface area contributed by atoms with Crippen LogP contribution in [0.1, 0.15) is 31.2 Å². The number of unbranched alkanes of at least 4 members (excludes halogenated alkanes) is 2. The molecule has 8 heteroatoms. The Bertz CT molecular complexity index is 558. The van der Waals surface area contributed by atoms with E-state index >= 15 is 0 Å². The number of halogens is 3. The van der Waals surface area contributed by atoms with Crippen LogP contribution in [0.2, 0.25) is 0 Å². The zero-order valence-electron chi connectivity index (χ0n) is 12.9. The highest BCUT2D eigenvalue weighted by atomic mass is 19.4. The maximum atomic E-state index is 11.9. The highest BCUT2D eigenvalue weighted by molar-refractivity contribution is 6.33. The quantitative estimate of drug-likeness (QED) is 0.424. The minimum atomic E-state index is -4.89. The van der Waals surface area contributed by atoms with Crippen LogP contribution in [-0.4, -0.2) is 30.4 Å².